The minimum absolute atomic E-state index is 0.621. The van der Waals surface area contributed by atoms with Gasteiger partial charge in [0.05, 0.1) is 11.4 Å². The minimum atomic E-state index is 0.621. The highest BCUT2D eigenvalue weighted by atomic mass is 15.1. The number of nitrogens with zero attached hydrogens (tertiary/aromatic N) is 2. The molecule has 0 spiro atoms. The van der Waals surface area contributed by atoms with Gasteiger partial charge in [0.15, 0.2) is 0 Å². The summed E-state index contributed by atoms with van der Waals surface area (Å²) in [4.78, 5) is 4.59. The number of nitrogens with two attached hydrogens (primary N) is 2. The molecule has 152 valence electrons. The normalized spacial score (nSPS) is 11.1. The van der Waals surface area contributed by atoms with E-state index in [9.17, 15) is 0 Å². The van der Waals surface area contributed by atoms with Crippen molar-refractivity contribution in [2.75, 3.05) is 11.5 Å². The lowest BCUT2D eigenvalue weighted by Crippen LogP contribution is -2.02. The van der Waals surface area contributed by atoms with E-state index < -0.39 is 0 Å². The standard InChI is InChI=1S/C27H24N4/c28-25-23-9-5-4-8-22(23)18-24(26(25)29)20-10-12-21(13-11-20)27-30-15-17-31(27)16-14-19-6-2-1-3-7-19/h1-13,15,17-18H,14,16,28-29H2. The fourth-order valence-corrected chi connectivity index (χ4v) is 4.07. The first-order valence-corrected chi connectivity index (χ1v) is 10.4. The SMILES string of the molecule is Nc1c(-c2ccc(-c3nccn3CCc3ccccc3)cc2)cc2ccccc2c1N. The Morgan fingerprint density at radius 2 is 1.45 bits per heavy atom. The largest absolute Gasteiger partial charge is 0.397 e. The van der Waals surface area contributed by atoms with Crippen molar-refractivity contribution in [1.29, 1.82) is 0 Å². The van der Waals surface area contributed by atoms with Crippen molar-refractivity contribution < 1.29 is 0 Å². The van der Waals surface area contributed by atoms with Gasteiger partial charge >= 0.3 is 0 Å². The molecular formula is C27H24N4. The molecule has 0 saturated carbocycles. The summed E-state index contributed by atoms with van der Waals surface area (Å²) in [6, 6.07) is 29.1. The lowest BCUT2D eigenvalue weighted by atomic mass is 9.97. The maximum Gasteiger partial charge on any atom is 0.139 e. The molecule has 0 radical (unpaired) electrons. The van der Waals surface area contributed by atoms with Crippen LogP contribution in [0.5, 0.6) is 0 Å². The zero-order chi connectivity index (χ0) is 21.2. The van der Waals surface area contributed by atoms with Gasteiger partial charge in [-0.15, -0.1) is 0 Å². The molecule has 4 N–H and O–H groups in total. The predicted molar refractivity (Wildman–Crippen MR) is 130 cm³/mol. The van der Waals surface area contributed by atoms with Crippen LogP contribution in [0.4, 0.5) is 11.4 Å². The van der Waals surface area contributed by atoms with Crippen molar-refractivity contribution in [3.05, 3.63) is 103 Å². The average molecular weight is 405 g/mol. The number of hydrogen-bond donors (Lipinski definition) is 2. The second-order valence-electron chi connectivity index (χ2n) is 7.73. The number of hydrogen-bond acceptors (Lipinski definition) is 3. The fraction of sp³-hybridized carbons (Fsp3) is 0.0741. The third-order valence-electron chi connectivity index (χ3n) is 5.78. The van der Waals surface area contributed by atoms with E-state index in [1.54, 1.807) is 0 Å². The monoisotopic (exact) mass is 404 g/mol. The van der Waals surface area contributed by atoms with E-state index in [2.05, 4.69) is 70.2 Å². The lowest BCUT2D eigenvalue weighted by molar-refractivity contribution is 0.703. The first-order valence-electron chi connectivity index (χ1n) is 10.4. The van der Waals surface area contributed by atoms with Crippen molar-refractivity contribution in [3.63, 3.8) is 0 Å². The summed E-state index contributed by atoms with van der Waals surface area (Å²) in [5.41, 5.74) is 18.4. The van der Waals surface area contributed by atoms with Crippen LogP contribution < -0.4 is 11.5 Å². The third-order valence-corrected chi connectivity index (χ3v) is 5.78. The van der Waals surface area contributed by atoms with E-state index in [-0.39, 0.29) is 0 Å². The summed E-state index contributed by atoms with van der Waals surface area (Å²) in [6.07, 6.45) is 4.86. The Hall–Kier alpha value is -4.05. The van der Waals surface area contributed by atoms with Gasteiger partial charge in [-0.2, -0.15) is 0 Å². The Morgan fingerprint density at radius 3 is 2.26 bits per heavy atom. The molecule has 0 aliphatic carbocycles. The van der Waals surface area contributed by atoms with Gasteiger partial charge in [-0.3, -0.25) is 0 Å². The summed E-state index contributed by atoms with van der Waals surface area (Å²) in [6.45, 7) is 0.884. The Bertz CT molecular complexity index is 1340. The number of rotatable bonds is 5. The lowest BCUT2D eigenvalue weighted by Gasteiger charge is -2.13. The van der Waals surface area contributed by atoms with Gasteiger partial charge < -0.3 is 16.0 Å². The fourth-order valence-electron chi connectivity index (χ4n) is 4.07. The van der Waals surface area contributed by atoms with Crippen molar-refractivity contribution in [2.45, 2.75) is 13.0 Å². The van der Waals surface area contributed by atoms with Crippen molar-refractivity contribution in [2.24, 2.45) is 0 Å². The van der Waals surface area contributed by atoms with Crippen LogP contribution in [-0.4, -0.2) is 9.55 Å². The molecule has 4 aromatic carbocycles. The molecule has 5 aromatic rings. The van der Waals surface area contributed by atoms with Gasteiger partial charge in [0.1, 0.15) is 5.82 Å². The number of benzene rings is 4. The first kappa shape index (κ1) is 18.9. The van der Waals surface area contributed by atoms with Crippen LogP contribution >= 0.6 is 0 Å². The third kappa shape index (κ3) is 3.64. The Morgan fingerprint density at radius 1 is 0.742 bits per heavy atom. The number of aromatic nitrogens is 2. The Kier molecular flexibility index (Phi) is 4.89. The van der Waals surface area contributed by atoms with Gasteiger partial charge in [-0.05, 0) is 29.0 Å². The molecule has 0 bridgehead atoms. The summed E-state index contributed by atoms with van der Waals surface area (Å²) < 4.78 is 2.20. The number of aryl methyl sites for hydroxylation is 2. The van der Waals surface area contributed by atoms with Crippen LogP contribution in [0.3, 0.4) is 0 Å². The van der Waals surface area contributed by atoms with Crippen molar-refractivity contribution in [1.82, 2.24) is 9.55 Å². The van der Waals surface area contributed by atoms with Gasteiger partial charge in [0.2, 0.25) is 0 Å². The molecule has 4 heteroatoms. The van der Waals surface area contributed by atoms with E-state index in [0.717, 1.165) is 46.3 Å². The van der Waals surface area contributed by atoms with Crippen LogP contribution in [0.2, 0.25) is 0 Å². The van der Waals surface area contributed by atoms with Gasteiger partial charge in [0.25, 0.3) is 0 Å². The smallest absolute Gasteiger partial charge is 0.139 e. The maximum absolute atomic E-state index is 6.39. The molecule has 0 saturated heterocycles. The summed E-state index contributed by atoms with van der Waals surface area (Å²) in [5.74, 6) is 0.966. The molecule has 1 aromatic heterocycles. The molecule has 0 amide bonds. The highest BCUT2D eigenvalue weighted by molar-refractivity contribution is 6.04. The molecule has 1 heterocycles. The van der Waals surface area contributed by atoms with Gasteiger partial charge in [-0.25, -0.2) is 4.98 Å². The summed E-state index contributed by atoms with van der Waals surface area (Å²) in [5, 5.41) is 2.07. The molecular weight excluding hydrogens is 380 g/mol. The number of fused-ring (bicyclic) bond motifs is 1. The van der Waals surface area contributed by atoms with Crippen LogP contribution in [0.15, 0.2) is 97.3 Å². The molecule has 4 nitrogen and oxygen atoms in total. The molecule has 0 unspecified atom stereocenters. The van der Waals surface area contributed by atoms with Crippen LogP contribution in [0.25, 0.3) is 33.3 Å². The number of nitrogen functional groups attached to an aromatic ring is 2. The number of imidazole rings is 1. The molecule has 0 fully saturated rings. The molecule has 31 heavy (non-hydrogen) atoms. The van der Waals surface area contributed by atoms with Gasteiger partial charge in [0, 0.05) is 35.5 Å². The maximum atomic E-state index is 6.39. The quantitative estimate of drug-likeness (QED) is 0.365. The zero-order valence-electron chi connectivity index (χ0n) is 17.2. The first-order chi connectivity index (χ1) is 15.2. The van der Waals surface area contributed by atoms with Gasteiger partial charge in [-0.1, -0.05) is 78.9 Å². The summed E-state index contributed by atoms with van der Waals surface area (Å²) >= 11 is 0. The van der Waals surface area contributed by atoms with Crippen LogP contribution in [0.1, 0.15) is 5.56 Å². The van der Waals surface area contributed by atoms with Crippen molar-refractivity contribution >= 4 is 22.1 Å². The van der Waals surface area contributed by atoms with E-state index in [1.165, 1.54) is 5.56 Å². The molecule has 0 aliphatic rings. The number of anilines is 2. The average Bonchev–Trinajstić information content (AvgIpc) is 3.29. The second-order valence-corrected chi connectivity index (χ2v) is 7.73. The van der Waals surface area contributed by atoms with E-state index in [4.69, 9.17) is 11.5 Å². The highest BCUT2D eigenvalue weighted by Gasteiger charge is 2.11. The van der Waals surface area contributed by atoms with E-state index >= 15 is 0 Å². The second kappa shape index (κ2) is 8.00. The molecule has 0 atom stereocenters. The predicted octanol–water partition coefficient (Wildman–Crippen LogP) is 5.78. The van der Waals surface area contributed by atoms with Crippen LogP contribution in [0, 0.1) is 0 Å². The minimum Gasteiger partial charge on any atom is -0.397 e. The van der Waals surface area contributed by atoms with E-state index in [0.29, 0.717) is 11.4 Å². The zero-order valence-corrected chi connectivity index (χ0v) is 17.2. The Labute approximate surface area is 181 Å². The molecule has 0 aliphatic heterocycles. The van der Waals surface area contributed by atoms with E-state index in [1.807, 2.05) is 36.7 Å². The Balaban J connectivity index is 1.44. The highest BCUT2D eigenvalue weighted by Crippen LogP contribution is 2.37. The topological polar surface area (TPSA) is 69.9 Å². The molecule has 5 rings (SSSR count). The van der Waals surface area contributed by atoms with Crippen LogP contribution in [-0.2, 0) is 13.0 Å². The summed E-state index contributed by atoms with van der Waals surface area (Å²) in [7, 11) is 0. The van der Waals surface area contributed by atoms with Crippen molar-refractivity contribution in [3.8, 4) is 22.5 Å².